The molecule has 138 valence electrons. The van der Waals surface area contributed by atoms with Crippen molar-refractivity contribution in [2.75, 3.05) is 11.9 Å². The first-order valence-corrected chi connectivity index (χ1v) is 8.34. The van der Waals surface area contributed by atoms with Crippen molar-refractivity contribution in [3.8, 4) is 0 Å². The van der Waals surface area contributed by atoms with Crippen LogP contribution < -0.4 is 10.6 Å². The lowest BCUT2D eigenvalue weighted by Crippen LogP contribution is -2.24. The van der Waals surface area contributed by atoms with E-state index in [0.717, 1.165) is 5.56 Å². The number of hydrogen-bond acceptors (Lipinski definition) is 5. The fourth-order valence-corrected chi connectivity index (χ4v) is 2.33. The van der Waals surface area contributed by atoms with Crippen LogP contribution in [0.4, 0.5) is 5.69 Å². The molecule has 1 unspecified atom stereocenters. The Morgan fingerprint density at radius 2 is 2.00 bits per heavy atom. The van der Waals surface area contributed by atoms with Crippen LogP contribution in [0.25, 0.3) is 0 Å². The highest BCUT2D eigenvalue weighted by Crippen LogP contribution is 2.21. The van der Waals surface area contributed by atoms with E-state index >= 15 is 0 Å². The largest absolute Gasteiger partial charge is 0.459 e. The van der Waals surface area contributed by atoms with Crippen molar-refractivity contribution < 1.29 is 23.5 Å². The van der Waals surface area contributed by atoms with E-state index in [1.807, 2.05) is 6.07 Å². The van der Waals surface area contributed by atoms with Crippen LogP contribution in [0.3, 0.4) is 0 Å². The van der Waals surface area contributed by atoms with E-state index in [1.165, 1.54) is 13.2 Å². The van der Waals surface area contributed by atoms with Crippen molar-refractivity contribution in [1.82, 2.24) is 5.32 Å². The Bertz CT molecular complexity index is 755. The van der Waals surface area contributed by atoms with Crippen molar-refractivity contribution in [1.29, 1.82) is 0 Å². The van der Waals surface area contributed by atoms with Crippen LogP contribution >= 0.6 is 0 Å². The van der Waals surface area contributed by atoms with Gasteiger partial charge in [0.05, 0.1) is 6.26 Å². The number of esters is 1. The maximum Gasteiger partial charge on any atom is 0.306 e. The van der Waals surface area contributed by atoms with E-state index in [4.69, 9.17) is 9.15 Å². The lowest BCUT2D eigenvalue weighted by atomic mass is 10.1. The van der Waals surface area contributed by atoms with Crippen LogP contribution in [0.15, 0.2) is 47.1 Å². The molecule has 0 fully saturated rings. The fraction of sp³-hybridized carbons (Fsp3) is 0.316. The summed E-state index contributed by atoms with van der Waals surface area (Å²) in [4.78, 5) is 34.7. The van der Waals surface area contributed by atoms with Gasteiger partial charge < -0.3 is 19.8 Å². The van der Waals surface area contributed by atoms with Gasteiger partial charge in [-0.1, -0.05) is 12.1 Å². The molecule has 0 saturated carbocycles. The first-order chi connectivity index (χ1) is 12.5. The molecule has 0 aliphatic carbocycles. The summed E-state index contributed by atoms with van der Waals surface area (Å²) in [6.07, 6.45) is 1.64. The molecular weight excluding hydrogens is 336 g/mol. The Morgan fingerprint density at radius 1 is 1.19 bits per heavy atom. The van der Waals surface area contributed by atoms with Gasteiger partial charge >= 0.3 is 5.97 Å². The number of hydrogen-bond donors (Lipinski definition) is 2. The van der Waals surface area contributed by atoms with Gasteiger partial charge in [-0.25, -0.2) is 0 Å². The number of anilines is 1. The van der Waals surface area contributed by atoms with Gasteiger partial charge in [-0.15, -0.1) is 0 Å². The first kappa shape index (κ1) is 19.2. The number of ether oxygens (including phenoxy) is 1. The monoisotopic (exact) mass is 358 g/mol. The molecule has 7 nitrogen and oxygen atoms in total. The molecule has 2 rings (SSSR count). The second-order valence-corrected chi connectivity index (χ2v) is 5.78. The summed E-state index contributed by atoms with van der Waals surface area (Å²) in [7, 11) is 0. The number of nitrogens with one attached hydrogen (secondary N) is 2. The second-order valence-electron chi connectivity index (χ2n) is 5.78. The number of carbonyl (C=O) groups excluding carboxylic acids is 3. The van der Waals surface area contributed by atoms with Gasteiger partial charge in [-0.05, 0) is 43.2 Å². The van der Waals surface area contributed by atoms with Crippen LogP contribution in [-0.4, -0.2) is 24.3 Å². The number of benzene rings is 1. The molecule has 0 spiro atoms. The van der Waals surface area contributed by atoms with E-state index in [1.54, 1.807) is 37.3 Å². The summed E-state index contributed by atoms with van der Waals surface area (Å²) in [5.74, 6) is -0.593. The summed E-state index contributed by atoms with van der Waals surface area (Å²) >= 11 is 0. The number of amides is 2. The molecule has 26 heavy (non-hydrogen) atoms. The molecule has 0 bridgehead atoms. The topological polar surface area (TPSA) is 97.6 Å². The molecular formula is C19H22N2O5. The van der Waals surface area contributed by atoms with E-state index < -0.39 is 6.10 Å². The maximum atomic E-state index is 11.9. The Kier molecular flexibility index (Phi) is 6.96. The molecule has 2 N–H and O–H groups in total. The zero-order valence-corrected chi connectivity index (χ0v) is 14.8. The van der Waals surface area contributed by atoms with Crippen molar-refractivity contribution in [2.24, 2.45) is 0 Å². The molecule has 1 atom stereocenters. The minimum atomic E-state index is -0.436. The van der Waals surface area contributed by atoms with Gasteiger partial charge in [-0.2, -0.15) is 0 Å². The molecule has 2 aromatic rings. The van der Waals surface area contributed by atoms with Crippen LogP contribution in [0.5, 0.6) is 0 Å². The lowest BCUT2D eigenvalue weighted by Gasteiger charge is -2.15. The zero-order valence-electron chi connectivity index (χ0n) is 14.8. The fourth-order valence-electron chi connectivity index (χ4n) is 2.33. The summed E-state index contributed by atoms with van der Waals surface area (Å²) in [6.45, 7) is 3.55. The zero-order chi connectivity index (χ0) is 18.9. The molecule has 2 amide bonds. The number of furan rings is 1. The van der Waals surface area contributed by atoms with Gasteiger partial charge in [0.15, 0.2) is 5.76 Å². The summed E-state index contributed by atoms with van der Waals surface area (Å²) in [6, 6.07) is 10.3. The quantitative estimate of drug-likeness (QED) is 0.558. The normalized spacial score (nSPS) is 11.5. The predicted octanol–water partition coefficient (Wildman–Crippen LogP) is 3.05. The van der Waals surface area contributed by atoms with Crippen molar-refractivity contribution in [3.63, 3.8) is 0 Å². The predicted molar refractivity (Wildman–Crippen MR) is 95.5 cm³/mol. The Balaban J connectivity index is 1.73. The average molecular weight is 358 g/mol. The van der Waals surface area contributed by atoms with Crippen molar-refractivity contribution in [2.45, 2.75) is 32.8 Å². The van der Waals surface area contributed by atoms with Gasteiger partial charge in [0.25, 0.3) is 5.91 Å². The molecule has 1 aromatic carbocycles. The third-order valence-electron chi connectivity index (χ3n) is 3.57. The minimum absolute atomic E-state index is 0.164. The summed E-state index contributed by atoms with van der Waals surface area (Å²) in [5.41, 5.74) is 1.44. The van der Waals surface area contributed by atoms with Crippen LogP contribution in [0, 0.1) is 0 Å². The molecule has 1 heterocycles. The van der Waals surface area contributed by atoms with Gasteiger partial charge in [0.1, 0.15) is 6.10 Å². The Labute approximate surface area is 151 Å². The van der Waals surface area contributed by atoms with E-state index in [-0.39, 0.29) is 30.0 Å². The minimum Gasteiger partial charge on any atom is -0.459 e. The summed E-state index contributed by atoms with van der Waals surface area (Å²) < 4.78 is 10.4. The average Bonchev–Trinajstić information content (AvgIpc) is 3.13. The molecule has 0 aliphatic rings. The number of rotatable bonds is 8. The van der Waals surface area contributed by atoms with Crippen LogP contribution in [0.1, 0.15) is 48.9 Å². The Morgan fingerprint density at radius 3 is 2.69 bits per heavy atom. The van der Waals surface area contributed by atoms with E-state index in [0.29, 0.717) is 18.7 Å². The maximum absolute atomic E-state index is 11.9. The van der Waals surface area contributed by atoms with E-state index in [2.05, 4.69) is 10.6 Å². The highest BCUT2D eigenvalue weighted by molar-refractivity contribution is 5.91. The third-order valence-corrected chi connectivity index (χ3v) is 3.57. The van der Waals surface area contributed by atoms with Crippen LogP contribution in [-0.2, 0) is 14.3 Å². The molecule has 0 aliphatic heterocycles. The first-order valence-electron chi connectivity index (χ1n) is 8.34. The van der Waals surface area contributed by atoms with Gasteiger partial charge in [0.2, 0.25) is 5.91 Å². The molecule has 0 radical (unpaired) electrons. The lowest BCUT2D eigenvalue weighted by molar-refractivity contribution is -0.148. The SMILES string of the molecule is CC(=O)Nc1cccc(C(C)OC(=O)CCCNC(=O)c2ccco2)c1. The van der Waals surface area contributed by atoms with Gasteiger partial charge in [-0.3, -0.25) is 14.4 Å². The Hall–Kier alpha value is -3.09. The van der Waals surface area contributed by atoms with Gasteiger partial charge in [0, 0.05) is 25.6 Å². The van der Waals surface area contributed by atoms with Crippen LogP contribution in [0.2, 0.25) is 0 Å². The van der Waals surface area contributed by atoms with Crippen molar-refractivity contribution in [3.05, 3.63) is 54.0 Å². The molecule has 7 heteroatoms. The molecule has 0 saturated heterocycles. The highest BCUT2D eigenvalue weighted by Gasteiger charge is 2.13. The highest BCUT2D eigenvalue weighted by atomic mass is 16.5. The van der Waals surface area contributed by atoms with Crippen molar-refractivity contribution >= 4 is 23.5 Å². The second kappa shape index (κ2) is 9.41. The smallest absolute Gasteiger partial charge is 0.306 e. The molecule has 1 aromatic heterocycles. The third kappa shape index (κ3) is 6.08. The van der Waals surface area contributed by atoms with E-state index in [9.17, 15) is 14.4 Å². The number of carbonyl (C=O) groups is 3. The summed E-state index contributed by atoms with van der Waals surface area (Å²) in [5, 5.41) is 5.36. The standard InChI is InChI=1S/C19H22N2O5/c1-13(15-6-3-7-16(12-15)21-14(2)22)26-18(23)9-4-10-20-19(24)17-8-5-11-25-17/h3,5-8,11-13H,4,9-10H2,1-2H3,(H,20,24)(H,21,22).